The Morgan fingerprint density at radius 3 is 1.54 bits per heavy atom. The van der Waals surface area contributed by atoms with Crippen LogP contribution in [0.4, 0.5) is 0 Å². The number of hydrogen-bond acceptors (Lipinski definition) is 7. The van der Waals surface area contributed by atoms with E-state index in [1.807, 2.05) is 43.8 Å². The van der Waals surface area contributed by atoms with Gasteiger partial charge in [-0.2, -0.15) is 0 Å². The Hall–Kier alpha value is -1.38. The van der Waals surface area contributed by atoms with Crippen LogP contribution in [0.15, 0.2) is 22.9 Å². The summed E-state index contributed by atoms with van der Waals surface area (Å²) in [4.78, 5) is 26.7. The topological polar surface area (TPSA) is 67.4 Å². The molecule has 26 heavy (non-hydrogen) atoms. The standard InChI is InChI=1S/2C6H6OS.C5H13N.C2H7NO/c2*1-5-2-6(3-7)4-8-5;1-3-4-5-6-2;1-3-4-2/h2*2-4H,1H3;6H,3-5H2,1-2H3;3H,1-2H3. The van der Waals surface area contributed by atoms with Crippen LogP contribution in [0, 0.1) is 13.8 Å². The van der Waals surface area contributed by atoms with E-state index in [1.54, 1.807) is 36.8 Å². The maximum absolute atomic E-state index is 10.0. The Labute approximate surface area is 165 Å². The number of hydroxylamine groups is 1. The van der Waals surface area contributed by atoms with Gasteiger partial charge in [0.25, 0.3) is 0 Å². The zero-order valence-corrected chi connectivity index (χ0v) is 18.3. The Kier molecular flexibility index (Phi) is 20.6. The van der Waals surface area contributed by atoms with E-state index >= 15 is 0 Å². The molecule has 5 nitrogen and oxygen atoms in total. The van der Waals surface area contributed by atoms with Crippen molar-refractivity contribution in [2.75, 3.05) is 27.7 Å². The molecule has 0 radical (unpaired) electrons. The van der Waals surface area contributed by atoms with E-state index in [4.69, 9.17) is 0 Å². The lowest BCUT2D eigenvalue weighted by atomic mass is 10.3. The summed E-state index contributed by atoms with van der Waals surface area (Å²) in [5.74, 6) is 0. The molecule has 0 spiro atoms. The molecule has 0 fully saturated rings. The summed E-state index contributed by atoms with van der Waals surface area (Å²) in [6.07, 6.45) is 4.32. The second-order valence-electron chi connectivity index (χ2n) is 5.08. The van der Waals surface area contributed by atoms with Crippen LogP contribution in [-0.2, 0) is 4.84 Å². The Morgan fingerprint density at radius 2 is 1.42 bits per heavy atom. The van der Waals surface area contributed by atoms with Crippen molar-refractivity contribution < 1.29 is 14.4 Å². The van der Waals surface area contributed by atoms with Gasteiger partial charge >= 0.3 is 0 Å². The Balaban J connectivity index is 0. The average molecular weight is 401 g/mol. The summed E-state index contributed by atoms with van der Waals surface area (Å²) in [6.45, 7) is 7.32. The molecule has 0 bridgehead atoms. The van der Waals surface area contributed by atoms with Gasteiger partial charge < -0.3 is 10.2 Å². The number of hydrogen-bond donors (Lipinski definition) is 2. The molecule has 148 valence electrons. The lowest BCUT2D eigenvalue weighted by Crippen LogP contribution is -2.06. The van der Waals surface area contributed by atoms with Gasteiger partial charge in [-0.25, -0.2) is 5.48 Å². The van der Waals surface area contributed by atoms with E-state index in [0.29, 0.717) is 0 Å². The Morgan fingerprint density at radius 1 is 1.00 bits per heavy atom. The highest BCUT2D eigenvalue weighted by molar-refractivity contribution is 7.10. The fourth-order valence-corrected chi connectivity index (χ4v) is 2.70. The number of carbonyl (C=O) groups excluding carboxylic acids is 2. The maximum atomic E-state index is 10.0. The summed E-state index contributed by atoms with van der Waals surface area (Å²) in [5.41, 5.74) is 4.00. The number of thiophene rings is 2. The summed E-state index contributed by atoms with van der Waals surface area (Å²) >= 11 is 3.20. The van der Waals surface area contributed by atoms with Crippen LogP contribution < -0.4 is 10.8 Å². The molecule has 0 saturated carbocycles. The third-order valence-corrected chi connectivity index (χ3v) is 4.52. The molecule has 0 aliphatic rings. The molecule has 0 aromatic carbocycles. The van der Waals surface area contributed by atoms with Gasteiger partial charge in [0.15, 0.2) is 12.6 Å². The molecule has 0 amide bonds. The maximum Gasteiger partial charge on any atom is 0.150 e. The van der Waals surface area contributed by atoms with Crippen molar-refractivity contribution in [3.63, 3.8) is 0 Å². The van der Waals surface area contributed by atoms with Crippen molar-refractivity contribution in [1.82, 2.24) is 10.8 Å². The molecule has 2 N–H and O–H groups in total. The fourth-order valence-electron chi connectivity index (χ4n) is 1.40. The second kappa shape index (κ2) is 19.9. The van der Waals surface area contributed by atoms with Crippen LogP contribution in [0.25, 0.3) is 0 Å². The van der Waals surface area contributed by atoms with E-state index in [1.165, 1.54) is 22.6 Å². The molecule has 2 heterocycles. The van der Waals surface area contributed by atoms with Gasteiger partial charge in [0.1, 0.15) is 0 Å². The quantitative estimate of drug-likeness (QED) is 0.424. The lowest BCUT2D eigenvalue weighted by Gasteiger charge is -1.89. The first-order valence-electron chi connectivity index (χ1n) is 8.33. The van der Waals surface area contributed by atoms with Crippen LogP contribution in [0.2, 0.25) is 0 Å². The number of aryl methyl sites for hydroxylation is 2. The van der Waals surface area contributed by atoms with Crippen LogP contribution in [0.1, 0.15) is 50.2 Å². The normalized spacial score (nSPS) is 8.85. The van der Waals surface area contributed by atoms with Crippen molar-refractivity contribution in [2.45, 2.75) is 33.6 Å². The molecular formula is C19H32N2O3S2. The average Bonchev–Trinajstić information content (AvgIpc) is 3.29. The van der Waals surface area contributed by atoms with Crippen LogP contribution in [0.3, 0.4) is 0 Å². The first-order valence-corrected chi connectivity index (χ1v) is 10.1. The van der Waals surface area contributed by atoms with Crippen molar-refractivity contribution in [3.8, 4) is 0 Å². The highest BCUT2D eigenvalue weighted by atomic mass is 32.1. The number of unbranched alkanes of at least 4 members (excludes halogenated alkanes) is 1. The predicted molar refractivity (Wildman–Crippen MR) is 114 cm³/mol. The van der Waals surface area contributed by atoms with Gasteiger partial charge in [-0.3, -0.25) is 9.59 Å². The monoisotopic (exact) mass is 400 g/mol. The van der Waals surface area contributed by atoms with Crippen molar-refractivity contribution in [3.05, 3.63) is 43.8 Å². The smallest absolute Gasteiger partial charge is 0.150 e. The third kappa shape index (κ3) is 17.4. The molecule has 0 aliphatic carbocycles. The molecule has 0 aliphatic heterocycles. The minimum Gasteiger partial charge on any atom is -0.320 e. The predicted octanol–water partition coefficient (Wildman–Crippen LogP) is 4.51. The van der Waals surface area contributed by atoms with E-state index in [9.17, 15) is 9.59 Å². The summed E-state index contributed by atoms with van der Waals surface area (Å²) < 4.78 is 0. The Bertz CT molecular complexity index is 518. The van der Waals surface area contributed by atoms with Crippen molar-refractivity contribution >= 4 is 35.2 Å². The molecular weight excluding hydrogens is 368 g/mol. The molecule has 0 atom stereocenters. The largest absolute Gasteiger partial charge is 0.320 e. The van der Waals surface area contributed by atoms with E-state index in [0.717, 1.165) is 30.2 Å². The van der Waals surface area contributed by atoms with Crippen LogP contribution >= 0.6 is 22.7 Å². The van der Waals surface area contributed by atoms with E-state index in [-0.39, 0.29) is 0 Å². The zero-order chi connectivity index (χ0) is 20.2. The summed E-state index contributed by atoms with van der Waals surface area (Å²) in [5, 5.41) is 6.77. The number of nitrogens with one attached hydrogen (secondary N) is 2. The van der Waals surface area contributed by atoms with Crippen molar-refractivity contribution in [2.24, 2.45) is 0 Å². The van der Waals surface area contributed by atoms with Crippen LogP contribution in [-0.4, -0.2) is 40.3 Å². The van der Waals surface area contributed by atoms with E-state index < -0.39 is 0 Å². The van der Waals surface area contributed by atoms with Gasteiger partial charge in [0.2, 0.25) is 0 Å². The highest BCUT2D eigenvalue weighted by Gasteiger charge is 1.90. The third-order valence-electron chi connectivity index (χ3n) is 2.76. The fraction of sp³-hybridized carbons (Fsp3) is 0.474. The van der Waals surface area contributed by atoms with Gasteiger partial charge in [0, 0.05) is 38.7 Å². The highest BCUT2D eigenvalue weighted by Crippen LogP contribution is 2.10. The minimum atomic E-state index is 0.785. The molecule has 2 aromatic heterocycles. The molecule has 2 aromatic rings. The molecule has 2 rings (SSSR count). The first kappa shape index (κ1) is 26.8. The summed E-state index contributed by atoms with van der Waals surface area (Å²) in [7, 11) is 5.26. The number of rotatable bonds is 6. The molecule has 7 heteroatoms. The second-order valence-corrected chi connectivity index (χ2v) is 7.31. The van der Waals surface area contributed by atoms with Crippen molar-refractivity contribution in [1.29, 1.82) is 0 Å². The zero-order valence-electron chi connectivity index (χ0n) is 16.6. The first-order chi connectivity index (χ1) is 12.5. The molecule has 0 saturated heterocycles. The van der Waals surface area contributed by atoms with Gasteiger partial charge in [0.05, 0.1) is 7.11 Å². The minimum absolute atomic E-state index is 0.785. The number of carbonyl (C=O) groups is 2. The van der Waals surface area contributed by atoms with Gasteiger partial charge in [-0.1, -0.05) is 13.3 Å². The molecule has 0 unspecified atom stereocenters. The summed E-state index contributed by atoms with van der Waals surface area (Å²) in [6, 6.07) is 3.75. The van der Waals surface area contributed by atoms with E-state index in [2.05, 4.69) is 22.6 Å². The lowest BCUT2D eigenvalue weighted by molar-refractivity contribution is 0.111. The van der Waals surface area contributed by atoms with Gasteiger partial charge in [-0.05, 0) is 46.0 Å². The SMILES string of the molecule is CCCCNC.CNOC.Cc1cc(C=O)cs1.Cc1cc(C=O)cs1. The number of aldehydes is 2. The van der Waals surface area contributed by atoms with Gasteiger partial charge in [-0.15, -0.1) is 22.7 Å². The van der Waals surface area contributed by atoms with Crippen LogP contribution in [0.5, 0.6) is 0 Å².